The molecule has 0 aliphatic heterocycles. The van der Waals surface area contributed by atoms with Crippen molar-refractivity contribution in [1.82, 2.24) is 15.0 Å². The van der Waals surface area contributed by atoms with Crippen LogP contribution in [0.3, 0.4) is 0 Å². The van der Waals surface area contributed by atoms with E-state index in [1.165, 1.54) is 10.7 Å². The maximum Gasteiger partial charge on any atom is 0.419 e. The van der Waals surface area contributed by atoms with E-state index in [-0.39, 0.29) is 5.56 Å². The predicted octanol–water partition coefficient (Wildman–Crippen LogP) is 2.78. The molecule has 2 aromatic rings. The molecule has 108 valence electrons. The summed E-state index contributed by atoms with van der Waals surface area (Å²) in [6.45, 7) is 0. The van der Waals surface area contributed by atoms with Crippen molar-refractivity contribution in [3.8, 4) is 0 Å². The molecule has 1 atom stereocenters. The summed E-state index contributed by atoms with van der Waals surface area (Å²) in [7, 11) is 1.56. The molecule has 0 fully saturated rings. The van der Waals surface area contributed by atoms with Crippen LogP contribution in [0.5, 0.6) is 0 Å². The second-order valence-corrected chi connectivity index (χ2v) is 4.85. The first-order valence-corrected chi connectivity index (χ1v) is 6.18. The molecule has 20 heavy (non-hydrogen) atoms. The monoisotopic (exact) mass is 352 g/mol. The summed E-state index contributed by atoms with van der Waals surface area (Å²) >= 11 is 3.12. The van der Waals surface area contributed by atoms with E-state index >= 15 is 0 Å². The van der Waals surface area contributed by atoms with Crippen molar-refractivity contribution in [2.45, 2.75) is 12.2 Å². The van der Waals surface area contributed by atoms with Gasteiger partial charge in [0.2, 0.25) is 0 Å². The number of nitrogens with two attached hydrogens (primary N) is 1. The largest absolute Gasteiger partial charge is 0.419 e. The third kappa shape index (κ3) is 2.68. The average molecular weight is 353 g/mol. The van der Waals surface area contributed by atoms with E-state index < -0.39 is 23.6 Å². The molecule has 0 aliphatic rings. The van der Waals surface area contributed by atoms with Gasteiger partial charge in [-0.25, -0.2) is 9.07 Å². The third-order valence-corrected chi connectivity index (χ3v) is 3.34. The topological polar surface area (TPSA) is 56.7 Å². The Bertz CT molecular complexity index is 618. The predicted molar refractivity (Wildman–Crippen MR) is 66.1 cm³/mol. The fourth-order valence-electron chi connectivity index (χ4n) is 1.78. The Morgan fingerprint density at radius 2 is 2.00 bits per heavy atom. The van der Waals surface area contributed by atoms with Crippen molar-refractivity contribution in [2.24, 2.45) is 12.8 Å². The molecule has 0 spiro atoms. The number of hydrogen-bond acceptors (Lipinski definition) is 3. The molecule has 0 amide bonds. The van der Waals surface area contributed by atoms with Crippen LogP contribution in [0.1, 0.15) is 22.9 Å². The maximum absolute atomic E-state index is 13.2. The Labute approximate surface area is 119 Å². The number of benzene rings is 1. The van der Waals surface area contributed by atoms with Crippen LogP contribution in [0, 0.1) is 5.82 Å². The van der Waals surface area contributed by atoms with Crippen LogP contribution in [0.25, 0.3) is 0 Å². The molecule has 2 rings (SSSR count). The molecule has 0 bridgehead atoms. The van der Waals surface area contributed by atoms with Crippen molar-refractivity contribution in [3.05, 3.63) is 45.4 Å². The number of alkyl halides is 3. The van der Waals surface area contributed by atoms with Crippen LogP contribution in [-0.2, 0) is 13.2 Å². The first-order chi connectivity index (χ1) is 9.21. The minimum atomic E-state index is -4.78. The highest BCUT2D eigenvalue weighted by Gasteiger charge is 2.35. The molecule has 0 saturated carbocycles. The molecule has 9 heteroatoms. The fraction of sp³-hybridized carbons (Fsp3) is 0.273. The number of nitrogens with zero attached hydrogens (tertiary/aromatic N) is 3. The van der Waals surface area contributed by atoms with Crippen molar-refractivity contribution in [1.29, 1.82) is 0 Å². The lowest BCUT2D eigenvalue weighted by atomic mass is 10.0. The normalized spacial score (nSPS) is 13.6. The van der Waals surface area contributed by atoms with Gasteiger partial charge in [0, 0.05) is 7.05 Å². The Hall–Kier alpha value is -1.48. The van der Waals surface area contributed by atoms with Gasteiger partial charge in [-0.05, 0) is 33.6 Å². The Morgan fingerprint density at radius 1 is 1.35 bits per heavy atom. The van der Waals surface area contributed by atoms with Gasteiger partial charge in [0.15, 0.2) is 4.60 Å². The molecule has 0 saturated heterocycles. The van der Waals surface area contributed by atoms with Crippen LogP contribution in [0.4, 0.5) is 17.6 Å². The van der Waals surface area contributed by atoms with Crippen LogP contribution in [-0.4, -0.2) is 15.0 Å². The van der Waals surface area contributed by atoms with E-state index in [1.54, 1.807) is 7.05 Å². The van der Waals surface area contributed by atoms with Crippen LogP contribution in [0.15, 0.2) is 22.8 Å². The zero-order valence-electron chi connectivity index (χ0n) is 10.1. The Morgan fingerprint density at radius 3 is 2.50 bits per heavy atom. The molecular formula is C11H9BrF4N4. The lowest BCUT2D eigenvalue weighted by molar-refractivity contribution is -0.140. The van der Waals surface area contributed by atoms with Crippen molar-refractivity contribution in [3.63, 3.8) is 0 Å². The summed E-state index contributed by atoms with van der Waals surface area (Å²) in [6.07, 6.45) is -4.78. The van der Waals surface area contributed by atoms with E-state index in [0.29, 0.717) is 16.4 Å². The molecule has 0 radical (unpaired) electrons. The molecule has 0 aliphatic carbocycles. The zero-order chi connectivity index (χ0) is 15.1. The lowest BCUT2D eigenvalue weighted by Crippen LogP contribution is -2.18. The van der Waals surface area contributed by atoms with Gasteiger partial charge in [-0.3, -0.25) is 0 Å². The molecule has 4 nitrogen and oxygen atoms in total. The minimum absolute atomic E-state index is 0.116. The van der Waals surface area contributed by atoms with Crippen molar-refractivity contribution >= 4 is 15.9 Å². The minimum Gasteiger partial charge on any atom is -0.319 e. The fourth-order valence-corrected chi connectivity index (χ4v) is 2.35. The van der Waals surface area contributed by atoms with Gasteiger partial charge in [-0.15, -0.1) is 5.10 Å². The highest BCUT2D eigenvalue weighted by Crippen LogP contribution is 2.34. The van der Waals surface area contributed by atoms with Gasteiger partial charge in [0.25, 0.3) is 0 Å². The molecule has 1 heterocycles. The van der Waals surface area contributed by atoms with Gasteiger partial charge < -0.3 is 5.73 Å². The summed E-state index contributed by atoms with van der Waals surface area (Å²) in [5.74, 6) is -1.34. The summed E-state index contributed by atoms with van der Waals surface area (Å²) < 4.78 is 52.9. The standard InChI is InChI=1S/C11H9BrF4N4/c1-20-9(10(12)18-19-20)8(17)5-2-3-7(13)6(4-5)11(14,15)16/h2-4,8H,17H2,1H3. The summed E-state index contributed by atoms with van der Waals surface area (Å²) in [6, 6.07) is 1.73. The Balaban J connectivity index is 2.49. The summed E-state index contributed by atoms with van der Waals surface area (Å²) in [5.41, 5.74) is 5.06. The first-order valence-electron chi connectivity index (χ1n) is 5.39. The number of aryl methyl sites for hydroxylation is 1. The maximum atomic E-state index is 13.2. The van der Waals surface area contributed by atoms with E-state index in [4.69, 9.17) is 5.73 Å². The number of aromatic nitrogens is 3. The second-order valence-electron chi connectivity index (χ2n) is 4.10. The van der Waals surface area contributed by atoms with Gasteiger partial charge in [-0.2, -0.15) is 13.2 Å². The SMILES string of the molecule is Cn1nnc(Br)c1C(N)c1ccc(F)c(C(F)(F)F)c1. The average Bonchev–Trinajstić information content (AvgIpc) is 2.67. The molecule has 1 unspecified atom stereocenters. The highest BCUT2D eigenvalue weighted by molar-refractivity contribution is 9.10. The number of rotatable bonds is 2. The molecule has 1 aromatic carbocycles. The van der Waals surface area contributed by atoms with Gasteiger partial charge in [0.1, 0.15) is 5.82 Å². The number of halogens is 5. The molecule has 2 N–H and O–H groups in total. The smallest absolute Gasteiger partial charge is 0.319 e. The van der Waals surface area contributed by atoms with Gasteiger partial charge in [-0.1, -0.05) is 11.3 Å². The van der Waals surface area contributed by atoms with E-state index in [2.05, 4.69) is 26.2 Å². The molecule has 1 aromatic heterocycles. The third-order valence-electron chi connectivity index (χ3n) is 2.78. The summed E-state index contributed by atoms with van der Waals surface area (Å²) in [4.78, 5) is 0. The van der Waals surface area contributed by atoms with Crippen molar-refractivity contribution < 1.29 is 17.6 Å². The molecular weight excluding hydrogens is 344 g/mol. The van der Waals surface area contributed by atoms with Gasteiger partial charge in [0.05, 0.1) is 17.3 Å². The van der Waals surface area contributed by atoms with Crippen LogP contribution >= 0.6 is 15.9 Å². The van der Waals surface area contributed by atoms with E-state index in [1.807, 2.05) is 0 Å². The van der Waals surface area contributed by atoms with Crippen LogP contribution < -0.4 is 5.73 Å². The first kappa shape index (κ1) is 14.9. The van der Waals surface area contributed by atoms with Gasteiger partial charge >= 0.3 is 6.18 Å². The summed E-state index contributed by atoms with van der Waals surface area (Å²) in [5, 5.41) is 7.40. The zero-order valence-corrected chi connectivity index (χ0v) is 11.7. The highest BCUT2D eigenvalue weighted by atomic mass is 79.9. The Kier molecular flexibility index (Phi) is 3.83. The quantitative estimate of drug-likeness (QED) is 0.845. The van der Waals surface area contributed by atoms with E-state index in [0.717, 1.165) is 6.07 Å². The lowest BCUT2D eigenvalue weighted by Gasteiger charge is -2.15. The van der Waals surface area contributed by atoms with Crippen molar-refractivity contribution in [2.75, 3.05) is 0 Å². The number of hydrogen-bond donors (Lipinski definition) is 1. The van der Waals surface area contributed by atoms with E-state index in [9.17, 15) is 17.6 Å². The van der Waals surface area contributed by atoms with Crippen LogP contribution in [0.2, 0.25) is 0 Å². The second kappa shape index (κ2) is 5.13.